The van der Waals surface area contributed by atoms with Gasteiger partial charge >= 0.3 is 5.97 Å². The molecule has 4 aromatic carbocycles. The van der Waals surface area contributed by atoms with Crippen molar-refractivity contribution < 1.29 is 19.0 Å². The van der Waals surface area contributed by atoms with Crippen LogP contribution in [0.5, 0.6) is 5.75 Å². The minimum atomic E-state index is -0.594. The average Bonchev–Trinajstić information content (AvgIpc) is 3.24. The van der Waals surface area contributed by atoms with Crippen LogP contribution in [0, 0.1) is 0 Å². The topological polar surface area (TPSA) is 48.0 Å². The molecule has 0 aliphatic heterocycles. The number of carbonyl (C=O) groups is 1. The summed E-state index contributed by atoms with van der Waals surface area (Å²) in [7, 11) is 2.22. The maximum absolute atomic E-state index is 12.3. The summed E-state index contributed by atoms with van der Waals surface area (Å²) in [4.78, 5) is 14.7. The molecule has 0 N–H and O–H groups in total. The van der Waals surface area contributed by atoms with E-state index < -0.39 is 6.10 Å². The van der Waals surface area contributed by atoms with Crippen LogP contribution in [-0.2, 0) is 52.8 Å². The van der Waals surface area contributed by atoms with Crippen LogP contribution in [0.2, 0.25) is 0 Å². The van der Waals surface area contributed by atoms with E-state index >= 15 is 0 Å². The summed E-state index contributed by atoms with van der Waals surface area (Å²) < 4.78 is 17.1. The molecule has 2 atom stereocenters. The van der Waals surface area contributed by atoms with Gasteiger partial charge in [-0.15, -0.1) is 0 Å². The molecule has 5 nitrogen and oxygen atoms in total. The summed E-state index contributed by atoms with van der Waals surface area (Å²) in [6.07, 6.45) is 5.13. The molecule has 5 rings (SSSR count). The van der Waals surface area contributed by atoms with Gasteiger partial charge in [0.1, 0.15) is 12.4 Å². The average molecular weight is 620 g/mol. The molecule has 0 radical (unpaired) electrons. The number of fused-ring (bicyclic) bond motifs is 2. The molecular weight excluding hydrogens is 570 g/mol. The first-order valence-electron chi connectivity index (χ1n) is 17.0. The molecule has 0 aromatic heterocycles. The predicted molar refractivity (Wildman–Crippen MR) is 186 cm³/mol. The number of hydrogen-bond acceptors (Lipinski definition) is 5. The third kappa shape index (κ3) is 8.65. The molecule has 5 heteroatoms. The maximum Gasteiger partial charge on any atom is 0.335 e. The third-order valence-electron chi connectivity index (χ3n) is 9.04. The highest BCUT2D eigenvalue weighted by Gasteiger charge is 2.27. The molecule has 1 aliphatic carbocycles. The second-order valence-electron chi connectivity index (χ2n) is 12.2. The molecule has 1 aliphatic rings. The van der Waals surface area contributed by atoms with Gasteiger partial charge in [-0.1, -0.05) is 85.8 Å². The van der Waals surface area contributed by atoms with Crippen molar-refractivity contribution in [1.29, 1.82) is 0 Å². The minimum Gasteiger partial charge on any atom is -0.492 e. The van der Waals surface area contributed by atoms with Crippen LogP contribution in [-0.4, -0.2) is 50.4 Å². The van der Waals surface area contributed by atoms with Gasteiger partial charge in [0.15, 0.2) is 6.10 Å². The van der Waals surface area contributed by atoms with Crippen LogP contribution in [0.4, 0.5) is 0 Å². The van der Waals surface area contributed by atoms with Crippen molar-refractivity contribution in [1.82, 2.24) is 4.90 Å². The number of hydrogen-bond donors (Lipinski definition) is 0. The van der Waals surface area contributed by atoms with Gasteiger partial charge in [-0.3, -0.25) is 4.90 Å². The first kappa shape index (κ1) is 33.4. The lowest BCUT2D eigenvalue weighted by Gasteiger charge is -2.31. The Bertz CT molecular complexity index is 1550. The van der Waals surface area contributed by atoms with E-state index in [1.165, 1.54) is 38.9 Å². The SMILES string of the molecule is CCOC(=O)C(Cc1ccc(OCCN(C)C2c3ccc(CCc4ccccc4)cc3CCc3ccc(CC)cc32)cc1)OCC. The normalized spacial score (nSPS) is 14.7. The van der Waals surface area contributed by atoms with Crippen LogP contribution >= 0.6 is 0 Å². The number of aryl methyl sites for hydroxylation is 5. The van der Waals surface area contributed by atoms with Crippen molar-refractivity contribution >= 4 is 5.97 Å². The molecule has 2 unspecified atom stereocenters. The Labute approximate surface area is 275 Å². The molecule has 242 valence electrons. The van der Waals surface area contributed by atoms with E-state index in [4.69, 9.17) is 14.2 Å². The smallest absolute Gasteiger partial charge is 0.335 e. The Balaban J connectivity index is 1.28. The van der Waals surface area contributed by atoms with Crippen molar-refractivity contribution in [2.24, 2.45) is 0 Å². The monoisotopic (exact) mass is 619 g/mol. The third-order valence-corrected chi connectivity index (χ3v) is 9.04. The summed E-state index contributed by atoms with van der Waals surface area (Å²) in [5, 5.41) is 0. The highest BCUT2D eigenvalue weighted by atomic mass is 16.6. The second kappa shape index (κ2) is 16.6. The number of carbonyl (C=O) groups excluding carboxylic acids is 1. The van der Waals surface area contributed by atoms with Gasteiger partial charge in [0, 0.05) is 19.6 Å². The Hall–Kier alpha value is -3.93. The second-order valence-corrected chi connectivity index (χ2v) is 12.2. The molecule has 0 spiro atoms. The van der Waals surface area contributed by atoms with E-state index in [2.05, 4.69) is 85.6 Å². The number of nitrogens with zero attached hydrogens (tertiary/aromatic N) is 1. The van der Waals surface area contributed by atoms with E-state index in [1.54, 1.807) is 0 Å². The Morgan fingerprint density at radius 2 is 1.48 bits per heavy atom. The largest absolute Gasteiger partial charge is 0.492 e. The fourth-order valence-corrected chi connectivity index (χ4v) is 6.51. The van der Waals surface area contributed by atoms with Crippen molar-refractivity contribution in [3.05, 3.63) is 136 Å². The zero-order valence-electron chi connectivity index (χ0n) is 28.0. The summed E-state index contributed by atoms with van der Waals surface area (Å²) in [6, 6.07) is 33.2. The fourth-order valence-electron chi connectivity index (χ4n) is 6.51. The lowest BCUT2D eigenvalue weighted by atomic mass is 9.90. The van der Waals surface area contributed by atoms with E-state index in [0.717, 1.165) is 50.0 Å². The van der Waals surface area contributed by atoms with E-state index in [1.807, 2.05) is 38.1 Å². The summed E-state index contributed by atoms with van der Waals surface area (Å²) in [5.74, 6) is 0.503. The van der Waals surface area contributed by atoms with Crippen LogP contribution in [0.1, 0.15) is 71.3 Å². The van der Waals surface area contributed by atoms with Crippen molar-refractivity contribution in [3.8, 4) is 5.75 Å². The van der Waals surface area contributed by atoms with Crippen LogP contribution < -0.4 is 4.74 Å². The van der Waals surface area contributed by atoms with Crippen molar-refractivity contribution in [2.45, 2.75) is 71.4 Å². The highest BCUT2D eigenvalue weighted by molar-refractivity contribution is 5.75. The summed E-state index contributed by atoms with van der Waals surface area (Å²) in [5.41, 5.74) is 10.9. The van der Waals surface area contributed by atoms with Crippen molar-refractivity contribution in [3.63, 3.8) is 0 Å². The maximum atomic E-state index is 12.3. The van der Waals surface area contributed by atoms with Gasteiger partial charge in [-0.25, -0.2) is 4.79 Å². The van der Waals surface area contributed by atoms with Gasteiger partial charge in [0.25, 0.3) is 0 Å². The minimum absolute atomic E-state index is 0.173. The number of ether oxygens (including phenoxy) is 3. The Kier molecular flexibility index (Phi) is 12.0. The highest BCUT2D eigenvalue weighted by Crippen LogP contribution is 2.37. The number of rotatable bonds is 15. The van der Waals surface area contributed by atoms with Gasteiger partial charge in [0.2, 0.25) is 0 Å². The van der Waals surface area contributed by atoms with Crippen LogP contribution in [0.25, 0.3) is 0 Å². The lowest BCUT2D eigenvalue weighted by Crippen LogP contribution is -2.30. The molecule has 4 aromatic rings. The van der Waals surface area contributed by atoms with E-state index in [9.17, 15) is 4.79 Å². The van der Waals surface area contributed by atoms with Gasteiger partial charge in [0.05, 0.1) is 12.6 Å². The Morgan fingerprint density at radius 1 is 0.761 bits per heavy atom. The predicted octanol–water partition coefficient (Wildman–Crippen LogP) is 7.74. The van der Waals surface area contributed by atoms with Gasteiger partial charge in [-0.2, -0.15) is 0 Å². The van der Waals surface area contributed by atoms with Crippen LogP contribution in [0.3, 0.4) is 0 Å². The Morgan fingerprint density at radius 3 is 2.22 bits per heavy atom. The quantitative estimate of drug-likeness (QED) is 0.127. The van der Waals surface area contributed by atoms with Crippen molar-refractivity contribution in [2.75, 3.05) is 33.4 Å². The number of likely N-dealkylation sites (N-methyl/N-ethyl adjacent to an activating group) is 1. The van der Waals surface area contributed by atoms with E-state index in [-0.39, 0.29) is 12.0 Å². The standard InChI is InChI=1S/C41H49NO4/c1-5-30-15-19-34-20-21-35-27-32(14-13-31-11-9-8-10-12-31)18-24-37(35)40(38(34)28-30)42(4)25-26-46-36-22-16-33(17-23-36)29-39(44-6-2)41(43)45-7-3/h8-12,15-19,22-24,27-28,39-40H,5-7,13-14,20-21,25-26,29H2,1-4H3. The van der Waals surface area contributed by atoms with Gasteiger partial charge < -0.3 is 14.2 Å². The molecule has 0 heterocycles. The number of benzene rings is 4. The summed E-state index contributed by atoms with van der Waals surface area (Å²) in [6.45, 7) is 8.10. The fraction of sp³-hybridized carbons (Fsp3) is 0.390. The molecule has 0 saturated heterocycles. The first-order valence-corrected chi connectivity index (χ1v) is 17.0. The number of esters is 1. The van der Waals surface area contributed by atoms with Crippen LogP contribution in [0.15, 0.2) is 91.0 Å². The zero-order valence-corrected chi connectivity index (χ0v) is 28.0. The molecule has 0 fully saturated rings. The molecule has 46 heavy (non-hydrogen) atoms. The van der Waals surface area contributed by atoms with E-state index in [0.29, 0.717) is 26.2 Å². The first-order chi connectivity index (χ1) is 22.5. The molecular formula is C41H49NO4. The molecule has 0 amide bonds. The van der Waals surface area contributed by atoms with Gasteiger partial charge in [-0.05, 0) is 110 Å². The molecule has 0 bridgehead atoms. The lowest BCUT2D eigenvalue weighted by molar-refractivity contribution is -0.156. The summed E-state index contributed by atoms with van der Waals surface area (Å²) >= 11 is 0. The molecule has 0 saturated carbocycles. The zero-order chi connectivity index (χ0) is 32.3.